The Morgan fingerprint density at radius 1 is 1.18 bits per heavy atom. The molecule has 2 aromatic carbocycles. The molecule has 0 atom stereocenters. The first-order valence-electron chi connectivity index (χ1n) is 4.75. The Kier molecular flexibility index (Phi) is 4.17. The van der Waals surface area contributed by atoms with Crippen LogP contribution in [0.2, 0.25) is 5.02 Å². The van der Waals surface area contributed by atoms with Crippen molar-refractivity contribution in [1.82, 2.24) is 0 Å². The summed E-state index contributed by atoms with van der Waals surface area (Å²) in [5, 5.41) is 0.635. The first-order chi connectivity index (χ1) is 8.08. The number of rotatable bonds is 2. The van der Waals surface area contributed by atoms with Crippen molar-refractivity contribution < 1.29 is 4.39 Å². The quantitative estimate of drug-likeness (QED) is 0.598. The van der Waals surface area contributed by atoms with Crippen LogP contribution in [0.1, 0.15) is 0 Å². The van der Waals surface area contributed by atoms with Crippen LogP contribution in [-0.4, -0.2) is 0 Å². The Labute approximate surface area is 122 Å². The first kappa shape index (κ1) is 13.0. The van der Waals surface area contributed by atoms with E-state index in [1.807, 2.05) is 40.8 Å². The van der Waals surface area contributed by atoms with Gasteiger partial charge in [0.1, 0.15) is 5.82 Å². The molecule has 2 N–H and O–H groups in total. The van der Waals surface area contributed by atoms with Crippen LogP contribution in [0.15, 0.2) is 46.2 Å². The zero-order valence-corrected chi connectivity index (χ0v) is 12.3. The fourth-order valence-corrected chi connectivity index (χ4v) is 2.91. The molecule has 0 amide bonds. The molecule has 2 rings (SSSR count). The van der Waals surface area contributed by atoms with Crippen molar-refractivity contribution in [2.24, 2.45) is 0 Å². The summed E-state index contributed by atoms with van der Waals surface area (Å²) in [7, 11) is 0. The number of halogens is 3. The summed E-state index contributed by atoms with van der Waals surface area (Å²) in [6.45, 7) is 0. The van der Waals surface area contributed by atoms with Crippen molar-refractivity contribution in [1.29, 1.82) is 0 Å². The maximum Gasteiger partial charge on any atom is 0.137 e. The lowest BCUT2D eigenvalue weighted by Crippen LogP contribution is -1.92. The summed E-state index contributed by atoms with van der Waals surface area (Å²) >= 11 is 9.32. The fourth-order valence-electron chi connectivity index (χ4n) is 1.28. The van der Waals surface area contributed by atoms with E-state index in [4.69, 9.17) is 17.3 Å². The fraction of sp³-hybridized carbons (Fsp3) is 0. The maximum atomic E-state index is 13.5. The van der Waals surface area contributed by atoms with Crippen LogP contribution in [0.3, 0.4) is 0 Å². The molecule has 5 heteroatoms. The summed E-state index contributed by atoms with van der Waals surface area (Å²) in [6, 6.07) is 10.5. The van der Waals surface area contributed by atoms with Crippen molar-refractivity contribution in [2.45, 2.75) is 9.79 Å². The van der Waals surface area contributed by atoms with E-state index in [1.54, 1.807) is 12.1 Å². The van der Waals surface area contributed by atoms with Gasteiger partial charge in [-0.25, -0.2) is 4.39 Å². The second-order valence-electron chi connectivity index (χ2n) is 3.34. The van der Waals surface area contributed by atoms with Crippen LogP contribution in [0.5, 0.6) is 0 Å². The van der Waals surface area contributed by atoms with Crippen LogP contribution in [0.25, 0.3) is 0 Å². The third-order valence-electron chi connectivity index (χ3n) is 2.11. The molecule has 0 spiro atoms. The van der Waals surface area contributed by atoms with Gasteiger partial charge in [-0.05, 0) is 46.9 Å². The lowest BCUT2D eigenvalue weighted by molar-refractivity contribution is 0.617. The van der Waals surface area contributed by atoms with Gasteiger partial charge >= 0.3 is 0 Å². The van der Waals surface area contributed by atoms with Crippen LogP contribution in [0.4, 0.5) is 10.1 Å². The maximum absolute atomic E-state index is 13.5. The van der Waals surface area contributed by atoms with Crippen molar-refractivity contribution in [3.05, 3.63) is 50.8 Å². The summed E-state index contributed by atoms with van der Waals surface area (Å²) < 4.78 is 14.0. The SMILES string of the molecule is Nc1cc(I)c(F)cc1Sc1ccccc1Cl. The van der Waals surface area contributed by atoms with E-state index in [0.717, 1.165) is 4.90 Å². The Balaban J connectivity index is 2.37. The van der Waals surface area contributed by atoms with Gasteiger partial charge in [-0.1, -0.05) is 35.5 Å². The van der Waals surface area contributed by atoms with Gasteiger partial charge in [0.15, 0.2) is 0 Å². The molecular weight excluding hydrogens is 372 g/mol. The predicted octanol–water partition coefficient (Wildman–Crippen LogP) is 4.82. The number of hydrogen-bond acceptors (Lipinski definition) is 2. The minimum absolute atomic E-state index is 0.269. The molecule has 0 radical (unpaired) electrons. The molecule has 17 heavy (non-hydrogen) atoms. The van der Waals surface area contributed by atoms with Crippen molar-refractivity contribution >= 4 is 51.6 Å². The average molecular weight is 380 g/mol. The molecule has 0 aliphatic rings. The van der Waals surface area contributed by atoms with Gasteiger partial charge in [0.05, 0.1) is 8.59 Å². The minimum atomic E-state index is -0.269. The highest BCUT2D eigenvalue weighted by molar-refractivity contribution is 14.1. The second kappa shape index (κ2) is 5.46. The van der Waals surface area contributed by atoms with Gasteiger partial charge in [-0.2, -0.15) is 0 Å². The van der Waals surface area contributed by atoms with Gasteiger partial charge in [0.25, 0.3) is 0 Å². The van der Waals surface area contributed by atoms with E-state index < -0.39 is 0 Å². The Bertz CT molecular complexity index is 562. The summed E-state index contributed by atoms with van der Waals surface area (Å²) in [5.74, 6) is -0.269. The van der Waals surface area contributed by atoms with Crippen LogP contribution < -0.4 is 5.73 Å². The van der Waals surface area contributed by atoms with Gasteiger partial charge in [-0.3, -0.25) is 0 Å². The molecule has 0 aliphatic carbocycles. The number of anilines is 1. The molecular formula is C12H8ClFINS. The monoisotopic (exact) mass is 379 g/mol. The lowest BCUT2D eigenvalue weighted by atomic mass is 10.3. The Morgan fingerprint density at radius 2 is 1.88 bits per heavy atom. The van der Waals surface area contributed by atoms with Crippen molar-refractivity contribution in [2.75, 3.05) is 5.73 Å². The van der Waals surface area contributed by atoms with Crippen LogP contribution in [-0.2, 0) is 0 Å². The van der Waals surface area contributed by atoms with E-state index in [9.17, 15) is 4.39 Å². The predicted molar refractivity (Wildman–Crippen MR) is 79.1 cm³/mol. The van der Waals surface area contributed by atoms with E-state index in [-0.39, 0.29) is 5.82 Å². The van der Waals surface area contributed by atoms with E-state index in [2.05, 4.69) is 0 Å². The average Bonchev–Trinajstić information content (AvgIpc) is 2.29. The van der Waals surface area contributed by atoms with Crippen LogP contribution >= 0.6 is 46.0 Å². The highest BCUT2D eigenvalue weighted by atomic mass is 127. The molecule has 88 valence electrons. The molecule has 0 aromatic heterocycles. The number of benzene rings is 2. The highest BCUT2D eigenvalue weighted by Crippen LogP contribution is 2.37. The molecule has 0 saturated heterocycles. The third kappa shape index (κ3) is 3.05. The highest BCUT2D eigenvalue weighted by Gasteiger charge is 2.09. The normalized spacial score (nSPS) is 10.5. The van der Waals surface area contributed by atoms with Crippen molar-refractivity contribution in [3.63, 3.8) is 0 Å². The van der Waals surface area contributed by atoms with E-state index >= 15 is 0 Å². The molecule has 0 unspecified atom stereocenters. The summed E-state index contributed by atoms with van der Waals surface area (Å²) in [6.07, 6.45) is 0. The molecule has 0 saturated carbocycles. The smallest absolute Gasteiger partial charge is 0.137 e. The summed E-state index contributed by atoms with van der Waals surface area (Å²) in [5.41, 5.74) is 6.41. The van der Waals surface area contributed by atoms with Gasteiger partial charge in [0.2, 0.25) is 0 Å². The second-order valence-corrected chi connectivity index (χ2v) is 5.99. The van der Waals surface area contributed by atoms with Gasteiger partial charge < -0.3 is 5.73 Å². The molecule has 2 aromatic rings. The van der Waals surface area contributed by atoms with E-state index in [0.29, 0.717) is 19.2 Å². The largest absolute Gasteiger partial charge is 0.398 e. The molecule has 0 fully saturated rings. The van der Waals surface area contributed by atoms with Gasteiger partial charge in [-0.15, -0.1) is 0 Å². The molecule has 0 heterocycles. The molecule has 0 bridgehead atoms. The number of nitrogens with two attached hydrogens (primary N) is 1. The standard InChI is InChI=1S/C12H8ClFINS/c13-7-3-1-2-4-11(7)17-12-5-8(14)9(15)6-10(12)16/h1-6H,16H2. The van der Waals surface area contributed by atoms with Crippen LogP contribution in [0, 0.1) is 9.39 Å². The number of nitrogen functional groups attached to an aromatic ring is 1. The van der Waals surface area contributed by atoms with Crippen molar-refractivity contribution in [3.8, 4) is 0 Å². The third-order valence-corrected chi connectivity index (χ3v) is 4.53. The Hall–Kier alpha value is -0.460. The zero-order chi connectivity index (χ0) is 12.4. The zero-order valence-electron chi connectivity index (χ0n) is 8.58. The summed E-state index contributed by atoms with van der Waals surface area (Å²) in [4.78, 5) is 1.54. The topological polar surface area (TPSA) is 26.0 Å². The minimum Gasteiger partial charge on any atom is -0.398 e. The molecule has 1 nitrogen and oxygen atoms in total. The molecule has 0 aliphatic heterocycles. The van der Waals surface area contributed by atoms with E-state index in [1.165, 1.54) is 17.8 Å². The number of hydrogen-bond donors (Lipinski definition) is 1. The van der Waals surface area contributed by atoms with Gasteiger partial charge in [0, 0.05) is 15.5 Å². The first-order valence-corrected chi connectivity index (χ1v) is 7.02. The Morgan fingerprint density at radius 3 is 2.59 bits per heavy atom. The lowest BCUT2D eigenvalue weighted by Gasteiger charge is -2.08.